The van der Waals surface area contributed by atoms with Crippen molar-refractivity contribution in [3.05, 3.63) is 51.1 Å². The summed E-state index contributed by atoms with van der Waals surface area (Å²) in [4.78, 5) is 8.43. The summed E-state index contributed by atoms with van der Waals surface area (Å²) in [6.45, 7) is 4.74. The van der Waals surface area contributed by atoms with Gasteiger partial charge in [-0.05, 0) is 60.2 Å². The molecule has 0 aliphatic heterocycles. The minimum atomic E-state index is 0.725. The molecule has 1 heterocycles. The highest BCUT2D eigenvalue weighted by molar-refractivity contribution is 14.1. The summed E-state index contributed by atoms with van der Waals surface area (Å²) in [5.41, 5.74) is 3.43. The molecule has 88 valence electrons. The van der Waals surface area contributed by atoms with Gasteiger partial charge in [-0.2, -0.15) is 0 Å². The molecule has 0 atom stereocenters. The molecule has 0 bridgehead atoms. The Balaban J connectivity index is 2.05. The van der Waals surface area contributed by atoms with E-state index < -0.39 is 0 Å². The van der Waals surface area contributed by atoms with Crippen molar-refractivity contribution >= 4 is 28.3 Å². The maximum atomic E-state index is 4.35. The molecule has 0 aliphatic rings. The van der Waals surface area contributed by atoms with Gasteiger partial charge in [0.25, 0.3) is 0 Å². The number of rotatable bonds is 3. The number of benzene rings is 1. The first-order valence-electron chi connectivity index (χ1n) is 5.44. The summed E-state index contributed by atoms with van der Waals surface area (Å²) in [6, 6.07) is 8.28. The Morgan fingerprint density at radius 3 is 2.76 bits per heavy atom. The van der Waals surface area contributed by atoms with Crippen molar-refractivity contribution in [1.29, 1.82) is 0 Å². The highest BCUT2D eigenvalue weighted by Gasteiger charge is 1.99. The summed E-state index contributed by atoms with van der Waals surface area (Å²) < 4.78 is 1.27. The molecule has 0 saturated carbocycles. The van der Waals surface area contributed by atoms with Gasteiger partial charge in [-0.15, -0.1) is 0 Å². The first-order chi connectivity index (χ1) is 8.15. The number of aromatic nitrogens is 2. The van der Waals surface area contributed by atoms with Crippen molar-refractivity contribution in [3.8, 4) is 0 Å². The van der Waals surface area contributed by atoms with E-state index in [2.05, 4.69) is 63.0 Å². The highest BCUT2D eigenvalue weighted by atomic mass is 127. The van der Waals surface area contributed by atoms with Gasteiger partial charge in [-0.25, -0.2) is 9.97 Å². The van der Waals surface area contributed by atoms with Crippen molar-refractivity contribution in [2.75, 3.05) is 5.32 Å². The maximum absolute atomic E-state index is 4.35. The average Bonchev–Trinajstić information content (AvgIpc) is 2.31. The van der Waals surface area contributed by atoms with Crippen LogP contribution in [0.25, 0.3) is 0 Å². The molecule has 0 amide bonds. The molecule has 3 nitrogen and oxygen atoms in total. The lowest BCUT2D eigenvalue weighted by molar-refractivity contribution is 0.955. The predicted octanol–water partition coefficient (Wildman–Crippen LogP) is 3.31. The standard InChI is InChI=1S/C13H14IN3/c1-9-3-4-11(7-13(9)14)16-8-12-5-6-15-10(2)17-12/h3-7,16H,8H2,1-2H3. The summed E-state index contributed by atoms with van der Waals surface area (Å²) in [7, 11) is 0. The van der Waals surface area contributed by atoms with Gasteiger partial charge in [-0.3, -0.25) is 0 Å². The van der Waals surface area contributed by atoms with E-state index in [1.165, 1.54) is 9.13 Å². The van der Waals surface area contributed by atoms with Gasteiger partial charge in [0, 0.05) is 15.5 Å². The fourth-order valence-electron chi connectivity index (χ4n) is 1.50. The van der Waals surface area contributed by atoms with E-state index in [4.69, 9.17) is 0 Å². The van der Waals surface area contributed by atoms with E-state index in [0.717, 1.165) is 23.8 Å². The summed E-state index contributed by atoms with van der Waals surface area (Å²) >= 11 is 2.34. The minimum Gasteiger partial charge on any atom is -0.379 e. The number of nitrogens with one attached hydrogen (secondary N) is 1. The molecule has 2 rings (SSSR count). The Morgan fingerprint density at radius 1 is 1.24 bits per heavy atom. The molecule has 0 saturated heterocycles. The molecule has 4 heteroatoms. The van der Waals surface area contributed by atoms with E-state index in [0.29, 0.717) is 0 Å². The van der Waals surface area contributed by atoms with Crippen LogP contribution in [0.3, 0.4) is 0 Å². The summed E-state index contributed by atoms with van der Waals surface area (Å²) in [6.07, 6.45) is 1.79. The van der Waals surface area contributed by atoms with E-state index in [1.54, 1.807) is 6.20 Å². The fraction of sp³-hybridized carbons (Fsp3) is 0.231. The van der Waals surface area contributed by atoms with Crippen molar-refractivity contribution in [2.24, 2.45) is 0 Å². The van der Waals surface area contributed by atoms with Crippen LogP contribution in [0.15, 0.2) is 30.5 Å². The van der Waals surface area contributed by atoms with Crippen molar-refractivity contribution in [3.63, 3.8) is 0 Å². The van der Waals surface area contributed by atoms with Gasteiger partial charge >= 0.3 is 0 Å². The quantitative estimate of drug-likeness (QED) is 0.872. The van der Waals surface area contributed by atoms with Gasteiger partial charge in [-0.1, -0.05) is 6.07 Å². The number of anilines is 1. The Hall–Kier alpha value is -1.17. The van der Waals surface area contributed by atoms with E-state index >= 15 is 0 Å². The van der Waals surface area contributed by atoms with E-state index in [9.17, 15) is 0 Å². The second-order valence-corrected chi connectivity index (χ2v) is 5.07. The number of nitrogens with zero attached hydrogens (tertiary/aromatic N) is 2. The lowest BCUT2D eigenvalue weighted by Gasteiger charge is -2.07. The van der Waals surface area contributed by atoms with Crippen molar-refractivity contribution < 1.29 is 0 Å². The molecule has 1 aromatic carbocycles. The van der Waals surface area contributed by atoms with Crippen molar-refractivity contribution in [1.82, 2.24) is 9.97 Å². The van der Waals surface area contributed by atoms with Gasteiger partial charge in [0.2, 0.25) is 0 Å². The third-order valence-electron chi connectivity index (χ3n) is 2.48. The average molecular weight is 339 g/mol. The first-order valence-corrected chi connectivity index (χ1v) is 6.51. The Kier molecular flexibility index (Phi) is 3.93. The van der Waals surface area contributed by atoms with Gasteiger partial charge in [0.05, 0.1) is 12.2 Å². The maximum Gasteiger partial charge on any atom is 0.125 e. The number of halogens is 1. The second-order valence-electron chi connectivity index (χ2n) is 3.91. The summed E-state index contributed by atoms with van der Waals surface area (Å²) in [5.74, 6) is 0.808. The predicted molar refractivity (Wildman–Crippen MR) is 78.0 cm³/mol. The largest absolute Gasteiger partial charge is 0.379 e. The van der Waals surface area contributed by atoms with Crippen LogP contribution >= 0.6 is 22.6 Å². The lowest BCUT2D eigenvalue weighted by Crippen LogP contribution is -2.03. The molecular weight excluding hydrogens is 325 g/mol. The number of hydrogen-bond acceptors (Lipinski definition) is 3. The molecule has 2 aromatic rings. The molecule has 0 aliphatic carbocycles. The van der Waals surface area contributed by atoms with Crippen LogP contribution in [0.1, 0.15) is 17.1 Å². The molecule has 1 N–H and O–H groups in total. The first kappa shape index (κ1) is 12.3. The zero-order valence-corrected chi connectivity index (χ0v) is 12.0. The van der Waals surface area contributed by atoms with Crippen LogP contribution in [0.5, 0.6) is 0 Å². The Morgan fingerprint density at radius 2 is 2.06 bits per heavy atom. The zero-order valence-electron chi connectivity index (χ0n) is 9.87. The topological polar surface area (TPSA) is 37.8 Å². The molecule has 0 fully saturated rings. The monoisotopic (exact) mass is 339 g/mol. The molecule has 0 unspecified atom stereocenters. The van der Waals surface area contributed by atoms with Gasteiger partial charge < -0.3 is 5.32 Å². The van der Waals surface area contributed by atoms with Crippen LogP contribution < -0.4 is 5.32 Å². The van der Waals surface area contributed by atoms with Crippen LogP contribution in [-0.2, 0) is 6.54 Å². The normalized spacial score (nSPS) is 10.3. The van der Waals surface area contributed by atoms with Crippen LogP contribution in [0.4, 0.5) is 5.69 Å². The van der Waals surface area contributed by atoms with E-state index in [1.807, 2.05) is 13.0 Å². The van der Waals surface area contributed by atoms with Crippen molar-refractivity contribution in [2.45, 2.75) is 20.4 Å². The third kappa shape index (κ3) is 3.39. The Bertz CT molecular complexity index is 526. The number of hydrogen-bond donors (Lipinski definition) is 1. The van der Waals surface area contributed by atoms with Gasteiger partial charge in [0.1, 0.15) is 5.82 Å². The van der Waals surface area contributed by atoms with Gasteiger partial charge in [0.15, 0.2) is 0 Å². The molecule has 17 heavy (non-hydrogen) atoms. The molecule has 1 aromatic heterocycles. The second kappa shape index (κ2) is 5.44. The Labute approximate surface area is 115 Å². The fourth-order valence-corrected chi connectivity index (χ4v) is 2.01. The number of aryl methyl sites for hydroxylation is 2. The van der Waals surface area contributed by atoms with Crippen LogP contribution in [0, 0.1) is 17.4 Å². The molecule has 0 radical (unpaired) electrons. The van der Waals surface area contributed by atoms with Crippen LogP contribution in [0.2, 0.25) is 0 Å². The third-order valence-corrected chi connectivity index (χ3v) is 3.64. The molecular formula is C13H14IN3. The highest BCUT2D eigenvalue weighted by Crippen LogP contribution is 2.17. The minimum absolute atomic E-state index is 0.725. The van der Waals surface area contributed by atoms with E-state index in [-0.39, 0.29) is 0 Å². The summed E-state index contributed by atoms with van der Waals surface area (Å²) in [5, 5.41) is 3.36. The smallest absolute Gasteiger partial charge is 0.125 e. The van der Waals surface area contributed by atoms with Crippen LogP contribution in [-0.4, -0.2) is 9.97 Å². The lowest BCUT2D eigenvalue weighted by atomic mass is 10.2. The molecule has 0 spiro atoms. The SMILES string of the molecule is Cc1nccc(CNc2ccc(C)c(I)c2)n1. The zero-order chi connectivity index (χ0) is 12.3.